The Morgan fingerprint density at radius 3 is 2.68 bits per heavy atom. The van der Waals surface area contributed by atoms with Gasteiger partial charge < -0.3 is 16.2 Å². The van der Waals surface area contributed by atoms with E-state index in [4.69, 9.17) is 16.2 Å². The fourth-order valence-corrected chi connectivity index (χ4v) is 1.29. The molecule has 0 aliphatic carbocycles. The summed E-state index contributed by atoms with van der Waals surface area (Å²) < 4.78 is 6.61. The molecule has 2 aromatic heterocycles. The highest BCUT2D eigenvalue weighted by Gasteiger charge is 2.11. The smallest absolute Gasteiger partial charge is 0.323 e. The number of amides is 1. The number of aromatic nitrogens is 5. The van der Waals surface area contributed by atoms with E-state index in [9.17, 15) is 4.79 Å². The van der Waals surface area contributed by atoms with Crippen molar-refractivity contribution in [3.05, 3.63) is 18.0 Å². The molecule has 0 spiro atoms. The van der Waals surface area contributed by atoms with Gasteiger partial charge in [0.2, 0.25) is 5.95 Å². The predicted octanol–water partition coefficient (Wildman–Crippen LogP) is -0.474. The molecule has 0 atom stereocenters. The number of nitrogens with two attached hydrogens (primary N) is 2. The summed E-state index contributed by atoms with van der Waals surface area (Å²) >= 11 is 0. The molecular weight excluding hydrogens is 250 g/mol. The van der Waals surface area contributed by atoms with Crippen LogP contribution in [0.5, 0.6) is 6.01 Å². The fraction of sp³-hybridized carbons (Fsp3) is 0.300. The van der Waals surface area contributed by atoms with E-state index in [1.54, 1.807) is 0 Å². The lowest BCUT2D eigenvalue weighted by Crippen LogP contribution is -2.13. The maximum atomic E-state index is 11.0. The molecule has 0 aliphatic rings. The number of primary amides is 1. The topological polar surface area (TPSA) is 135 Å². The maximum absolute atomic E-state index is 11.0. The van der Waals surface area contributed by atoms with Gasteiger partial charge in [-0.25, -0.2) is 4.68 Å². The van der Waals surface area contributed by atoms with Crippen molar-refractivity contribution in [2.45, 2.75) is 20.0 Å². The van der Waals surface area contributed by atoms with Crippen LogP contribution in [-0.4, -0.2) is 36.7 Å². The third kappa shape index (κ3) is 2.94. The Morgan fingerprint density at radius 2 is 2.11 bits per heavy atom. The first-order chi connectivity index (χ1) is 8.95. The normalized spacial score (nSPS) is 10.7. The van der Waals surface area contributed by atoms with Crippen molar-refractivity contribution in [1.29, 1.82) is 0 Å². The SMILES string of the molecule is CC(C)Oc1nc(N)nc(-n2cc(C(N)=O)cn2)n1. The summed E-state index contributed by atoms with van der Waals surface area (Å²) in [4.78, 5) is 22.8. The van der Waals surface area contributed by atoms with Crippen molar-refractivity contribution in [3.63, 3.8) is 0 Å². The molecule has 0 aliphatic heterocycles. The van der Waals surface area contributed by atoms with Gasteiger partial charge >= 0.3 is 6.01 Å². The lowest BCUT2D eigenvalue weighted by molar-refractivity contribution is 0.100. The van der Waals surface area contributed by atoms with Gasteiger partial charge in [-0.1, -0.05) is 0 Å². The van der Waals surface area contributed by atoms with Crippen molar-refractivity contribution in [2.24, 2.45) is 5.73 Å². The zero-order valence-corrected chi connectivity index (χ0v) is 10.4. The Kier molecular flexibility index (Phi) is 3.27. The van der Waals surface area contributed by atoms with Crippen LogP contribution in [0.4, 0.5) is 5.95 Å². The first-order valence-corrected chi connectivity index (χ1v) is 5.48. The molecule has 100 valence electrons. The van der Waals surface area contributed by atoms with Gasteiger partial charge in [0.25, 0.3) is 11.9 Å². The number of carbonyl (C=O) groups excluding carboxylic acids is 1. The molecule has 0 saturated carbocycles. The van der Waals surface area contributed by atoms with Crippen LogP contribution >= 0.6 is 0 Å². The van der Waals surface area contributed by atoms with Gasteiger partial charge in [0.15, 0.2) is 0 Å². The Balaban J connectivity index is 2.37. The van der Waals surface area contributed by atoms with E-state index in [1.165, 1.54) is 17.1 Å². The number of nitrogens with zero attached hydrogens (tertiary/aromatic N) is 5. The van der Waals surface area contributed by atoms with Gasteiger partial charge in [-0.05, 0) is 13.8 Å². The van der Waals surface area contributed by atoms with Crippen LogP contribution in [0.3, 0.4) is 0 Å². The zero-order valence-electron chi connectivity index (χ0n) is 10.4. The van der Waals surface area contributed by atoms with E-state index in [0.717, 1.165) is 0 Å². The summed E-state index contributed by atoms with van der Waals surface area (Å²) in [5.74, 6) is -0.445. The third-order valence-electron chi connectivity index (χ3n) is 2.03. The molecule has 0 bridgehead atoms. The number of carbonyl (C=O) groups is 1. The first kappa shape index (κ1) is 12.7. The van der Waals surface area contributed by atoms with Crippen LogP contribution in [0.25, 0.3) is 5.95 Å². The highest BCUT2D eigenvalue weighted by molar-refractivity contribution is 5.92. The summed E-state index contributed by atoms with van der Waals surface area (Å²) in [7, 11) is 0. The summed E-state index contributed by atoms with van der Waals surface area (Å²) in [5, 5.41) is 3.92. The highest BCUT2D eigenvalue weighted by Crippen LogP contribution is 2.10. The highest BCUT2D eigenvalue weighted by atomic mass is 16.5. The molecule has 2 heterocycles. The summed E-state index contributed by atoms with van der Waals surface area (Å²) in [6.45, 7) is 3.66. The van der Waals surface area contributed by atoms with Crippen molar-refractivity contribution in [1.82, 2.24) is 24.7 Å². The maximum Gasteiger partial charge on any atom is 0.323 e. The first-order valence-electron chi connectivity index (χ1n) is 5.48. The van der Waals surface area contributed by atoms with Crippen LogP contribution in [0.2, 0.25) is 0 Å². The second-order valence-corrected chi connectivity index (χ2v) is 3.98. The van der Waals surface area contributed by atoms with Crippen molar-refractivity contribution >= 4 is 11.9 Å². The van der Waals surface area contributed by atoms with Gasteiger partial charge in [0, 0.05) is 6.20 Å². The quantitative estimate of drug-likeness (QED) is 0.760. The van der Waals surface area contributed by atoms with Crippen LogP contribution in [0, 0.1) is 0 Å². The van der Waals surface area contributed by atoms with Crippen molar-refractivity contribution in [2.75, 3.05) is 5.73 Å². The molecule has 0 saturated heterocycles. The number of hydrogen-bond acceptors (Lipinski definition) is 7. The van der Waals surface area contributed by atoms with Gasteiger partial charge in [-0.15, -0.1) is 0 Å². The van der Waals surface area contributed by atoms with E-state index in [2.05, 4.69) is 20.1 Å². The molecule has 0 fully saturated rings. The second kappa shape index (κ2) is 4.88. The fourth-order valence-electron chi connectivity index (χ4n) is 1.29. The largest absolute Gasteiger partial charge is 0.461 e. The van der Waals surface area contributed by atoms with Crippen LogP contribution in [0.1, 0.15) is 24.2 Å². The average Bonchev–Trinajstić information content (AvgIpc) is 2.76. The Bertz CT molecular complexity index is 608. The molecular formula is C10H13N7O2. The number of anilines is 1. The van der Waals surface area contributed by atoms with Gasteiger partial charge in [0.05, 0.1) is 17.9 Å². The minimum Gasteiger partial charge on any atom is -0.461 e. The molecule has 0 radical (unpaired) electrons. The molecule has 9 heteroatoms. The molecule has 0 unspecified atom stereocenters. The van der Waals surface area contributed by atoms with Crippen LogP contribution < -0.4 is 16.2 Å². The minimum atomic E-state index is -0.591. The van der Waals surface area contributed by atoms with Crippen LogP contribution in [0.15, 0.2) is 12.4 Å². The van der Waals surface area contributed by atoms with Gasteiger partial charge in [-0.2, -0.15) is 20.1 Å². The Hall–Kier alpha value is -2.71. The third-order valence-corrected chi connectivity index (χ3v) is 2.03. The zero-order chi connectivity index (χ0) is 14.0. The molecule has 1 amide bonds. The summed E-state index contributed by atoms with van der Waals surface area (Å²) in [5.41, 5.74) is 10.9. The molecule has 2 rings (SSSR count). The number of ether oxygens (including phenoxy) is 1. The number of hydrogen-bond donors (Lipinski definition) is 2. The number of nitrogen functional groups attached to an aromatic ring is 1. The molecule has 9 nitrogen and oxygen atoms in total. The lowest BCUT2D eigenvalue weighted by Gasteiger charge is -2.08. The molecule has 2 aromatic rings. The average molecular weight is 263 g/mol. The van der Waals surface area contributed by atoms with E-state index in [0.29, 0.717) is 0 Å². The molecule has 0 aromatic carbocycles. The molecule has 4 N–H and O–H groups in total. The lowest BCUT2D eigenvalue weighted by atomic mass is 10.4. The van der Waals surface area contributed by atoms with E-state index in [1.807, 2.05) is 13.8 Å². The second-order valence-electron chi connectivity index (χ2n) is 3.98. The monoisotopic (exact) mass is 263 g/mol. The van der Waals surface area contributed by atoms with Gasteiger partial charge in [0.1, 0.15) is 0 Å². The Morgan fingerprint density at radius 1 is 1.37 bits per heavy atom. The predicted molar refractivity (Wildman–Crippen MR) is 65.6 cm³/mol. The Labute approximate surface area is 108 Å². The minimum absolute atomic E-state index is 0.00299. The van der Waals surface area contributed by atoms with Gasteiger partial charge in [-0.3, -0.25) is 4.79 Å². The van der Waals surface area contributed by atoms with Crippen molar-refractivity contribution in [3.8, 4) is 12.0 Å². The summed E-state index contributed by atoms with van der Waals surface area (Å²) in [6, 6.07) is 0.0913. The van der Waals surface area contributed by atoms with E-state index in [-0.39, 0.29) is 29.6 Å². The van der Waals surface area contributed by atoms with E-state index >= 15 is 0 Å². The summed E-state index contributed by atoms with van der Waals surface area (Å²) in [6.07, 6.45) is 2.61. The van der Waals surface area contributed by atoms with E-state index < -0.39 is 5.91 Å². The molecule has 19 heavy (non-hydrogen) atoms. The van der Waals surface area contributed by atoms with Crippen LogP contribution in [-0.2, 0) is 0 Å². The van der Waals surface area contributed by atoms with Crippen molar-refractivity contribution < 1.29 is 9.53 Å². The number of rotatable bonds is 4. The standard InChI is InChI=1S/C10H13N7O2/c1-5(2)19-10-15-8(12)14-9(16-10)17-4-6(3-13-17)7(11)18/h3-5H,1-2H3,(H2,11,18)(H2,12,14,15,16).